The molecule has 12 heteroatoms. The van der Waals surface area contributed by atoms with Crippen molar-refractivity contribution in [3.63, 3.8) is 0 Å². The average molecular weight is 571 g/mol. The number of benzene rings is 3. The quantitative estimate of drug-likeness (QED) is 0.313. The van der Waals surface area contributed by atoms with Crippen LogP contribution in [0.1, 0.15) is 25.3 Å². The van der Waals surface area contributed by atoms with Crippen LogP contribution < -0.4 is 13.9 Å². The molecule has 2 heterocycles. The van der Waals surface area contributed by atoms with Crippen LogP contribution in [0.3, 0.4) is 0 Å². The van der Waals surface area contributed by atoms with E-state index < -0.39 is 44.8 Å². The Morgan fingerprint density at radius 2 is 1.74 bits per heavy atom. The highest BCUT2D eigenvalue weighted by molar-refractivity contribution is 7.92. The first-order chi connectivity index (χ1) is 18.3. The summed E-state index contributed by atoms with van der Waals surface area (Å²) in [6.45, 7) is -0.454. The maximum atomic E-state index is 14.3. The maximum Gasteiger partial charge on any atom is 0.416 e. The van der Waals surface area contributed by atoms with Gasteiger partial charge in [0, 0.05) is 18.7 Å². The number of alkyl halides is 5. The summed E-state index contributed by atoms with van der Waals surface area (Å²) in [6.07, 6.45) is -3.17. The standard InChI is InChI=1S/C27H24F6N2O3S/c1-16-7-8-34-21(9-16)15-35(39(36,37)23-4-2-3-19(13-23)27(31,32)33)25-12-17(5-6-24(25)34)18-10-20(28)14-22(11-18)38-26(29)30/h2-6,10-14,16,21,26H,7-9,15H2,1H3/t16-,21-/m0/s1. The third-order valence-electron chi connectivity index (χ3n) is 7.09. The second-order valence-corrected chi connectivity index (χ2v) is 11.7. The predicted octanol–water partition coefficient (Wildman–Crippen LogP) is 6.93. The molecule has 2 aliphatic rings. The van der Waals surface area contributed by atoms with Crippen LogP contribution >= 0.6 is 0 Å². The molecule has 0 saturated carbocycles. The predicted molar refractivity (Wildman–Crippen MR) is 134 cm³/mol. The van der Waals surface area contributed by atoms with Gasteiger partial charge in [-0.2, -0.15) is 22.0 Å². The minimum atomic E-state index is -4.73. The summed E-state index contributed by atoms with van der Waals surface area (Å²) in [6, 6.07) is 11.2. The molecule has 0 aliphatic carbocycles. The van der Waals surface area contributed by atoms with Gasteiger partial charge in [-0.05, 0) is 72.4 Å². The Hall–Kier alpha value is -3.41. The summed E-state index contributed by atoms with van der Waals surface area (Å²) in [5.41, 5.74) is 0.169. The van der Waals surface area contributed by atoms with Gasteiger partial charge in [0.25, 0.3) is 10.0 Å². The van der Waals surface area contributed by atoms with Gasteiger partial charge in [0.05, 0.1) is 28.4 Å². The topological polar surface area (TPSA) is 49.9 Å². The highest BCUT2D eigenvalue weighted by atomic mass is 32.2. The number of halogens is 6. The molecule has 2 atom stereocenters. The van der Waals surface area contributed by atoms with E-state index in [4.69, 9.17) is 0 Å². The molecule has 0 bridgehead atoms. The minimum Gasteiger partial charge on any atom is -0.435 e. The van der Waals surface area contributed by atoms with Crippen LogP contribution in [0, 0.1) is 11.7 Å². The Bertz CT molecular complexity index is 1500. The van der Waals surface area contributed by atoms with Crippen LogP contribution in [0.2, 0.25) is 0 Å². The molecule has 208 valence electrons. The largest absolute Gasteiger partial charge is 0.435 e. The fraction of sp³-hybridized carbons (Fsp3) is 0.333. The van der Waals surface area contributed by atoms with E-state index in [9.17, 15) is 34.8 Å². The number of hydrogen-bond acceptors (Lipinski definition) is 4. The molecule has 3 aromatic carbocycles. The minimum absolute atomic E-state index is 0.00225. The third kappa shape index (κ3) is 5.39. The van der Waals surface area contributed by atoms with Crippen molar-refractivity contribution in [1.82, 2.24) is 0 Å². The second-order valence-electron chi connectivity index (χ2n) is 9.80. The molecule has 1 fully saturated rings. The van der Waals surface area contributed by atoms with Gasteiger partial charge in [-0.3, -0.25) is 4.31 Å². The molecule has 0 aromatic heterocycles. The maximum absolute atomic E-state index is 14.3. The van der Waals surface area contributed by atoms with Crippen molar-refractivity contribution in [2.24, 2.45) is 5.92 Å². The van der Waals surface area contributed by atoms with Crippen LogP contribution in [0.25, 0.3) is 11.1 Å². The molecule has 2 aliphatic heterocycles. The van der Waals surface area contributed by atoms with Crippen LogP contribution in [0.4, 0.5) is 37.7 Å². The molecule has 0 unspecified atom stereocenters. The van der Waals surface area contributed by atoms with Crippen LogP contribution in [-0.4, -0.2) is 34.2 Å². The van der Waals surface area contributed by atoms with Gasteiger partial charge in [0.1, 0.15) is 11.6 Å². The Morgan fingerprint density at radius 3 is 2.46 bits per heavy atom. The monoisotopic (exact) mass is 570 g/mol. The highest BCUT2D eigenvalue weighted by Gasteiger charge is 2.40. The number of anilines is 2. The summed E-state index contributed by atoms with van der Waals surface area (Å²) in [5, 5.41) is 0. The summed E-state index contributed by atoms with van der Waals surface area (Å²) in [4.78, 5) is 1.57. The van der Waals surface area contributed by atoms with Gasteiger partial charge in [-0.15, -0.1) is 0 Å². The lowest BCUT2D eigenvalue weighted by Crippen LogP contribution is -2.54. The molecule has 5 nitrogen and oxygen atoms in total. The van der Waals surface area contributed by atoms with E-state index in [-0.39, 0.29) is 23.8 Å². The zero-order chi connectivity index (χ0) is 28.1. The van der Waals surface area contributed by atoms with Crippen molar-refractivity contribution in [1.29, 1.82) is 0 Å². The van der Waals surface area contributed by atoms with E-state index in [1.165, 1.54) is 12.1 Å². The SMILES string of the molecule is C[C@H]1CCN2c3ccc(-c4cc(F)cc(OC(F)F)c4)cc3N(S(=O)(=O)c3cccc(C(F)(F)F)c3)C[C@@H]2C1. The highest BCUT2D eigenvalue weighted by Crippen LogP contribution is 2.44. The number of nitrogens with zero attached hydrogens (tertiary/aromatic N) is 2. The van der Waals surface area contributed by atoms with Crippen LogP contribution in [0.15, 0.2) is 65.6 Å². The number of hydrogen-bond donors (Lipinski definition) is 0. The van der Waals surface area contributed by atoms with Crippen molar-refractivity contribution in [2.75, 3.05) is 22.3 Å². The Morgan fingerprint density at radius 1 is 0.974 bits per heavy atom. The lowest BCUT2D eigenvalue weighted by molar-refractivity contribution is -0.137. The number of piperidine rings is 1. The van der Waals surface area contributed by atoms with Gasteiger partial charge >= 0.3 is 12.8 Å². The fourth-order valence-electron chi connectivity index (χ4n) is 5.27. The van der Waals surface area contributed by atoms with Gasteiger partial charge in [0.15, 0.2) is 0 Å². The summed E-state index contributed by atoms with van der Waals surface area (Å²) < 4.78 is 113. The van der Waals surface area contributed by atoms with Crippen molar-refractivity contribution in [3.05, 3.63) is 72.0 Å². The van der Waals surface area contributed by atoms with Crippen molar-refractivity contribution >= 4 is 21.4 Å². The molecule has 1 saturated heterocycles. The Labute approximate surface area is 221 Å². The summed E-state index contributed by atoms with van der Waals surface area (Å²) >= 11 is 0. The van der Waals surface area contributed by atoms with Crippen LogP contribution in [0.5, 0.6) is 5.75 Å². The first-order valence-electron chi connectivity index (χ1n) is 12.2. The van der Waals surface area contributed by atoms with Crippen molar-refractivity contribution in [3.8, 4) is 16.9 Å². The zero-order valence-corrected chi connectivity index (χ0v) is 21.4. The van der Waals surface area contributed by atoms with E-state index in [1.807, 2.05) is 0 Å². The van der Waals surface area contributed by atoms with Crippen molar-refractivity contribution < 1.29 is 39.5 Å². The van der Waals surface area contributed by atoms with E-state index in [2.05, 4.69) is 16.6 Å². The zero-order valence-electron chi connectivity index (χ0n) is 20.6. The van der Waals surface area contributed by atoms with Gasteiger partial charge in [-0.25, -0.2) is 12.8 Å². The normalized spacial score (nSPS) is 19.6. The lowest BCUT2D eigenvalue weighted by Gasteiger charge is -2.48. The molecule has 3 aromatic rings. The van der Waals surface area contributed by atoms with E-state index in [0.717, 1.165) is 41.1 Å². The second kappa shape index (κ2) is 9.96. The number of fused-ring (bicyclic) bond motifs is 3. The van der Waals surface area contributed by atoms with E-state index in [0.29, 0.717) is 36.2 Å². The fourth-order valence-corrected chi connectivity index (χ4v) is 6.82. The van der Waals surface area contributed by atoms with Gasteiger partial charge in [0.2, 0.25) is 0 Å². The van der Waals surface area contributed by atoms with Crippen LogP contribution in [-0.2, 0) is 16.2 Å². The molecule has 0 spiro atoms. The smallest absolute Gasteiger partial charge is 0.416 e. The molecule has 0 radical (unpaired) electrons. The molecule has 0 amide bonds. The lowest BCUT2D eigenvalue weighted by atomic mass is 9.90. The van der Waals surface area contributed by atoms with Gasteiger partial charge < -0.3 is 9.64 Å². The Kier molecular flexibility index (Phi) is 6.94. The molecular formula is C27H24F6N2O3S. The number of ether oxygens (including phenoxy) is 1. The number of sulfonamides is 1. The molecule has 5 rings (SSSR count). The average Bonchev–Trinajstić information content (AvgIpc) is 2.86. The summed E-state index contributed by atoms with van der Waals surface area (Å²) in [7, 11) is -4.45. The van der Waals surface area contributed by atoms with E-state index in [1.54, 1.807) is 12.1 Å². The third-order valence-corrected chi connectivity index (χ3v) is 8.86. The summed E-state index contributed by atoms with van der Waals surface area (Å²) in [5.74, 6) is -0.915. The number of rotatable bonds is 5. The van der Waals surface area contributed by atoms with Gasteiger partial charge in [-0.1, -0.05) is 19.1 Å². The first kappa shape index (κ1) is 27.2. The Balaban J connectivity index is 1.64. The van der Waals surface area contributed by atoms with Crippen molar-refractivity contribution in [2.45, 2.75) is 43.5 Å². The molecular weight excluding hydrogens is 546 g/mol. The first-order valence-corrected chi connectivity index (χ1v) is 13.6. The molecule has 0 N–H and O–H groups in total. The van der Waals surface area contributed by atoms with E-state index >= 15 is 0 Å². The molecule has 39 heavy (non-hydrogen) atoms.